The maximum atomic E-state index is 14.0. The van der Waals surface area contributed by atoms with E-state index in [-0.39, 0.29) is 17.3 Å². The van der Waals surface area contributed by atoms with Crippen molar-refractivity contribution in [2.24, 2.45) is 0 Å². The summed E-state index contributed by atoms with van der Waals surface area (Å²) in [7, 11) is -4.14. The molecule has 2 amide bonds. The Labute approximate surface area is 255 Å². The molecule has 0 radical (unpaired) electrons. The summed E-state index contributed by atoms with van der Waals surface area (Å²) in [5.74, 6) is -0.229. The number of carbonyl (C=O) groups is 2. The molecule has 1 unspecified atom stereocenters. The second kappa shape index (κ2) is 15.3. The highest BCUT2D eigenvalue weighted by molar-refractivity contribution is 9.10. The van der Waals surface area contributed by atoms with Crippen LogP contribution in [-0.2, 0) is 26.2 Å². The molecule has 11 heteroatoms. The maximum absolute atomic E-state index is 14.0. The first-order valence-corrected chi connectivity index (χ1v) is 16.8. The molecule has 41 heavy (non-hydrogen) atoms. The Kier molecular flexibility index (Phi) is 12.1. The molecule has 3 aromatic rings. The Morgan fingerprint density at radius 2 is 1.61 bits per heavy atom. The van der Waals surface area contributed by atoms with Crippen molar-refractivity contribution in [1.29, 1.82) is 0 Å². The summed E-state index contributed by atoms with van der Waals surface area (Å²) < 4.78 is 35.4. The van der Waals surface area contributed by atoms with Crippen LogP contribution in [0.4, 0.5) is 5.69 Å². The van der Waals surface area contributed by atoms with Crippen molar-refractivity contribution in [1.82, 2.24) is 10.2 Å². The highest BCUT2D eigenvalue weighted by Gasteiger charge is 2.32. The molecule has 220 valence electrons. The van der Waals surface area contributed by atoms with E-state index >= 15 is 0 Å². The van der Waals surface area contributed by atoms with Gasteiger partial charge in [0.15, 0.2) is 0 Å². The summed E-state index contributed by atoms with van der Waals surface area (Å²) in [5, 5.41) is 2.84. The van der Waals surface area contributed by atoms with E-state index in [1.54, 1.807) is 43.3 Å². The van der Waals surface area contributed by atoms with Crippen molar-refractivity contribution < 1.29 is 22.7 Å². The third-order valence-electron chi connectivity index (χ3n) is 6.34. The van der Waals surface area contributed by atoms with E-state index in [2.05, 4.69) is 21.2 Å². The number of thioether (sulfide) groups is 1. The topological polar surface area (TPSA) is 96.0 Å². The van der Waals surface area contributed by atoms with Gasteiger partial charge in [-0.3, -0.25) is 13.9 Å². The van der Waals surface area contributed by atoms with E-state index in [0.29, 0.717) is 24.6 Å². The predicted octanol–water partition coefficient (Wildman–Crippen LogP) is 5.71. The molecule has 0 aliphatic heterocycles. The molecule has 0 spiro atoms. The molecule has 0 saturated heterocycles. The Morgan fingerprint density at radius 1 is 0.976 bits per heavy atom. The molecule has 0 bridgehead atoms. The Hall–Kier alpha value is -3.02. The van der Waals surface area contributed by atoms with Crippen LogP contribution in [0.1, 0.15) is 32.8 Å². The zero-order valence-corrected chi connectivity index (χ0v) is 26.9. The number of halogens is 1. The third kappa shape index (κ3) is 8.73. The standard InChI is InChI=1S/C30H36BrN3O5S2/c1-5-19-32-30(36)22(3)33(20-23-7-9-24(31)10-8-23)29(35)21-34(25-11-13-26(14-12-25)39-6-2)41(37,38)28-17-15-27(40-4)16-18-28/h7-18,22H,5-6,19-21H2,1-4H3,(H,32,36). The number of nitrogens with zero attached hydrogens (tertiary/aromatic N) is 2. The first-order chi connectivity index (χ1) is 19.6. The van der Waals surface area contributed by atoms with Gasteiger partial charge in [-0.2, -0.15) is 0 Å². The quantitative estimate of drug-likeness (QED) is 0.223. The van der Waals surface area contributed by atoms with E-state index in [1.165, 1.54) is 28.8 Å². The summed E-state index contributed by atoms with van der Waals surface area (Å²) in [6.45, 7) is 6.03. The molecule has 0 aromatic heterocycles. The van der Waals surface area contributed by atoms with Crippen LogP contribution in [0, 0.1) is 0 Å². The number of ether oxygens (including phenoxy) is 1. The number of anilines is 1. The number of benzene rings is 3. The van der Waals surface area contributed by atoms with Gasteiger partial charge < -0.3 is 15.0 Å². The maximum Gasteiger partial charge on any atom is 0.264 e. The van der Waals surface area contributed by atoms with Crippen molar-refractivity contribution in [3.05, 3.63) is 82.8 Å². The monoisotopic (exact) mass is 661 g/mol. The first-order valence-electron chi connectivity index (χ1n) is 13.3. The molecular weight excluding hydrogens is 626 g/mol. The van der Waals surface area contributed by atoms with Crippen molar-refractivity contribution >= 4 is 55.2 Å². The van der Waals surface area contributed by atoms with Crippen molar-refractivity contribution in [2.45, 2.75) is 49.6 Å². The fourth-order valence-corrected chi connectivity index (χ4v) is 6.13. The lowest BCUT2D eigenvalue weighted by Gasteiger charge is -2.32. The van der Waals surface area contributed by atoms with Crippen molar-refractivity contribution in [3.8, 4) is 5.75 Å². The largest absolute Gasteiger partial charge is 0.494 e. The van der Waals surface area contributed by atoms with Gasteiger partial charge in [0.2, 0.25) is 11.8 Å². The smallest absolute Gasteiger partial charge is 0.264 e. The van der Waals surface area contributed by atoms with E-state index in [1.807, 2.05) is 44.4 Å². The lowest BCUT2D eigenvalue weighted by Crippen LogP contribution is -2.51. The normalized spacial score (nSPS) is 11.9. The fraction of sp³-hybridized carbons (Fsp3) is 0.333. The van der Waals surface area contributed by atoms with Crippen molar-refractivity contribution in [3.63, 3.8) is 0 Å². The van der Waals surface area contributed by atoms with E-state index < -0.39 is 28.5 Å². The van der Waals surface area contributed by atoms with Crippen LogP contribution >= 0.6 is 27.7 Å². The second-order valence-corrected chi connectivity index (χ2v) is 12.9. The Morgan fingerprint density at radius 3 is 2.17 bits per heavy atom. The van der Waals surface area contributed by atoms with Crippen molar-refractivity contribution in [2.75, 3.05) is 30.3 Å². The van der Waals surface area contributed by atoms with Gasteiger partial charge in [-0.1, -0.05) is 35.0 Å². The zero-order chi connectivity index (χ0) is 30.0. The highest BCUT2D eigenvalue weighted by Crippen LogP contribution is 2.28. The van der Waals surface area contributed by atoms with Gasteiger partial charge in [0.25, 0.3) is 10.0 Å². The molecule has 8 nitrogen and oxygen atoms in total. The summed E-state index contributed by atoms with van der Waals surface area (Å²) in [4.78, 5) is 29.3. The first kappa shape index (κ1) is 32.5. The van der Waals surface area contributed by atoms with Crippen LogP contribution in [0.5, 0.6) is 5.75 Å². The molecule has 0 fully saturated rings. The summed E-state index contributed by atoms with van der Waals surface area (Å²) >= 11 is 4.92. The minimum absolute atomic E-state index is 0.0604. The van der Waals surface area contributed by atoms with E-state index in [0.717, 1.165) is 25.7 Å². The molecule has 0 heterocycles. The molecule has 0 saturated carbocycles. The number of nitrogens with one attached hydrogen (secondary N) is 1. The predicted molar refractivity (Wildman–Crippen MR) is 168 cm³/mol. The molecule has 0 aliphatic carbocycles. The molecular formula is C30H36BrN3O5S2. The molecule has 1 N–H and O–H groups in total. The van der Waals surface area contributed by atoms with E-state index in [4.69, 9.17) is 4.74 Å². The zero-order valence-electron chi connectivity index (χ0n) is 23.7. The van der Waals surface area contributed by atoms with Gasteiger partial charge in [0, 0.05) is 22.5 Å². The minimum atomic E-state index is -4.14. The third-order valence-corrected chi connectivity index (χ3v) is 9.41. The van der Waals surface area contributed by atoms with Gasteiger partial charge in [-0.15, -0.1) is 11.8 Å². The number of amides is 2. The van der Waals surface area contributed by atoms with Crippen LogP contribution < -0.4 is 14.4 Å². The van der Waals surface area contributed by atoms with Crippen LogP contribution in [0.2, 0.25) is 0 Å². The average Bonchev–Trinajstić information content (AvgIpc) is 2.98. The summed E-state index contributed by atoms with van der Waals surface area (Å²) in [5.41, 5.74) is 1.11. The van der Waals surface area contributed by atoms with Gasteiger partial charge in [0.1, 0.15) is 18.3 Å². The lowest BCUT2D eigenvalue weighted by molar-refractivity contribution is -0.139. The Balaban J connectivity index is 2.02. The van der Waals surface area contributed by atoms with Gasteiger partial charge in [0.05, 0.1) is 17.2 Å². The molecule has 3 aromatic carbocycles. The molecule has 3 rings (SSSR count). The van der Waals surface area contributed by atoms with Gasteiger partial charge in [-0.05, 0) is 92.8 Å². The fourth-order valence-electron chi connectivity index (χ4n) is 4.04. The Bertz CT molecular complexity index is 1400. The number of hydrogen-bond acceptors (Lipinski definition) is 6. The van der Waals surface area contributed by atoms with Gasteiger partial charge >= 0.3 is 0 Å². The van der Waals surface area contributed by atoms with Crippen LogP contribution in [-0.4, -0.2) is 57.1 Å². The van der Waals surface area contributed by atoms with E-state index in [9.17, 15) is 18.0 Å². The van der Waals surface area contributed by atoms with Gasteiger partial charge in [-0.25, -0.2) is 8.42 Å². The lowest BCUT2D eigenvalue weighted by atomic mass is 10.1. The summed E-state index contributed by atoms with van der Waals surface area (Å²) in [6, 6.07) is 19.7. The molecule has 1 atom stereocenters. The highest BCUT2D eigenvalue weighted by atomic mass is 79.9. The number of rotatable bonds is 14. The van der Waals surface area contributed by atoms with Crippen LogP contribution in [0.25, 0.3) is 0 Å². The number of hydrogen-bond donors (Lipinski definition) is 1. The SMILES string of the molecule is CCCNC(=O)C(C)N(Cc1ccc(Br)cc1)C(=O)CN(c1ccc(OCC)cc1)S(=O)(=O)c1ccc(SC)cc1. The van der Waals surface area contributed by atoms with Crippen LogP contribution in [0.3, 0.4) is 0 Å². The second-order valence-electron chi connectivity index (χ2n) is 9.23. The number of carbonyl (C=O) groups excluding carboxylic acids is 2. The number of sulfonamides is 1. The summed E-state index contributed by atoms with van der Waals surface area (Å²) in [6.07, 6.45) is 2.66. The average molecular weight is 663 g/mol. The minimum Gasteiger partial charge on any atom is -0.494 e. The van der Waals surface area contributed by atoms with Crippen LogP contribution in [0.15, 0.2) is 87.1 Å². The molecule has 0 aliphatic rings.